The lowest BCUT2D eigenvalue weighted by atomic mass is 9.91. The first-order valence-electron chi connectivity index (χ1n) is 7.30. The number of hydrogen-bond acceptors (Lipinski definition) is 0. The van der Waals surface area contributed by atoms with Crippen molar-refractivity contribution in [2.45, 2.75) is 5.92 Å². The van der Waals surface area contributed by atoms with Crippen LogP contribution in [0.1, 0.15) is 22.7 Å². The quantitative estimate of drug-likeness (QED) is 0.658. The molecule has 22 heavy (non-hydrogen) atoms. The molecule has 1 nitrogen and oxygen atoms in total. The number of aromatic amines is 1. The molecule has 0 aliphatic carbocycles. The highest BCUT2D eigenvalue weighted by atomic mass is 14.7. The molecule has 2 aromatic carbocycles. The summed E-state index contributed by atoms with van der Waals surface area (Å²) in [5.74, 6) is 2.94. The van der Waals surface area contributed by atoms with Crippen molar-refractivity contribution in [1.29, 1.82) is 0 Å². The first-order valence-corrected chi connectivity index (χ1v) is 7.30. The van der Waals surface area contributed by atoms with E-state index in [0.717, 1.165) is 16.8 Å². The van der Waals surface area contributed by atoms with Crippen LogP contribution in [0, 0.1) is 12.3 Å². The van der Waals surface area contributed by atoms with Gasteiger partial charge in [0.05, 0.1) is 0 Å². The topological polar surface area (TPSA) is 15.8 Å². The first kappa shape index (κ1) is 14.0. The molecule has 0 bridgehead atoms. The van der Waals surface area contributed by atoms with Gasteiger partial charge in [0.1, 0.15) is 0 Å². The molecule has 3 rings (SSSR count). The van der Waals surface area contributed by atoms with Gasteiger partial charge in [0.2, 0.25) is 0 Å². The summed E-state index contributed by atoms with van der Waals surface area (Å²) in [5, 5.41) is 0. The van der Waals surface area contributed by atoms with Crippen molar-refractivity contribution < 1.29 is 0 Å². The molecule has 0 amide bonds. The fourth-order valence-electron chi connectivity index (χ4n) is 2.58. The molecule has 0 fully saturated rings. The summed E-state index contributed by atoms with van der Waals surface area (Å²) in [4.78, 5) is 3.30. The summed E-state index contributed by atoms with van der Waals surface area (Å²) >= 11 is 0. The van der Waals surface area contributed by atoms with Crippen molar-refractivity contribution >= 4 is 5.57 Å². The van der Waals surface area contributed by atoms with E-state index in [0.29, 0.717) is 0 Å². The number of hydrogen-bond donors (Lipinski definition) is 1. The van der Waals surface area contributed by atoms with Crippen LogP contribution in [0.15, 0.2) is 85.1 Å². The monoisotopic (exact) mass is 283 g/mol. The number of rotatable bonds is 4. The minimum Gasteiger partial charge on any atom is -0.364 e. The van der Waals surface area contributed by atoms with Gasteiger partial charge >= 0.3 is 0 Å². The van der Waals surface area contributed by atoms with Crippen LogP contribution in [0.3, 0.4) is 0 Å². The van der Waals surface area contributed by atoms with Gasteiger partial charge in [-0.15, -0.1) is 6.42 Å². The van der Waals surface area contributed by atoms with Crippen LogP contribution in [0.2, 0.25) is 0 Å². The predicted molar refractivity (Wildman–Crippen MR) is 92.3 cm³/mol. The van der Waals surface area contributed by atoms with Gasteiger partial charge in [-0.25, -0.2) is 0 Å². The molecule has 1 N–H and O–H groups in total. The Bertz CT molecular complexity index is 775. The maximum Gasteiger partial charge on any atom is 0.0435 e. The highest BCUT2D eigenvalue weighted by molar-refractivity contribution is 5.79. The summed E-state index contributed by atoms with van der Waals surface area (Å²) in [7, 11) is 0. The van der Waals surface area contributed by atoms with Crippen LogP contribution in [0.4, 0.5) is 0 Å². The van der Waals surface area contributed by atoms with Crippen LogP contribution in [0.5, 0.6) is 0 Å². The predicted octanol–water partition coefficient (Wildman–Crippen LogP) is 4.86. The number of allylic oxidation sites excluding steroid dienone is 2. The van der Waals surface area contributed by atoms with Crippen LogP contribution in [0.25, 0.3) is 5.57 Å². The van der Waals surface area contributed by atoms with Crippen molar-refractivity contribution in [2.24, 2.45) is 0 Å². The molecule has 1 aromatic heterocycles. The zero-order valence-electron chi connectivity index (χ0n) is 12.2. The second-order valence-electron chi connectivity index (χ2n) is 5.10. The van der Waals surface area contributed by atoms with E-state index < -0.39 is 0 Å². The summed E-state index contributed by atoms with van der Waals surface area (Å²) in [6, 6.07) is 24.6. The molecule has 106 valence electrons. The molecule has 0 aliphatic rings. The Balaban J connectivity index is 2.07. The number of H-pyrrole nitrogens is 1. The minimum atomic E-state index is 0.113. The molecule has 0 saturated heterocycles. The first-order chi connectivity index (χ1) is 10.9. The highest BCUT2D eigenvalue weighted by Crippen LogP contribution is 2.28. The molecule has 0 aliphatic heterocycles. The molecule has 0 radical (unpaired) electrons. The average molecular weight is 283 g/mol. The van der Waals surface area contributed by atoms with E-state index >= 15 is 0 Å². The van der Waals surface area contributed by atoms with Gasteiger partial charge in [0.25, 0.3) is 0 Å². The Morgan fingerprint density at radius 2 is 1.59 bits per heavy atom. The average Bonchev–Trinajstić information content (AvgIpc) is 3.12. The maximum atomic E-state index is 5.76. The number of aromatic nitrogens is 1. The molecule has 0 spiro atoms. The van der Waals surface area contributed by atoms with Crippen molar-refractivity contribution in [3.8, 4) is 12.3 Å². The zero-order valence-corrected chi connectivity index (χ0v) is 12.2. The molecule has 1 heterocycles. The SMILES string of the molecule is C#C/C(=C\C(c1ccccc1)c1ccc[nH]1)c1ccccc1. The second kappa shape index (κ2) is 6.65. The minimum absolute atomic E-state index is 0.113. The van der Waals surface area contributed by atoms with Gasteiger partial charge in [0, 0.05) is 23.4 Å². The van der Waals surface area contributed by atoms with E-state index in [1.54, 1.807) is 0 Å². The third-order valence-electron chi connectivity index (χ3n) is 3.69. The molecule has 3 aromatic rings. The van der Waals surface area contributed by atoms with E-state index in [4.69, 9.17) is 6.42 Å². The van der Waals surface area contributed by atoms with Crippen molar-refractivity contribution in [2.75, 3.05) is 0 Å². The number of benzene rings is 2. The summed E-state index contributed by atoms with van der Waals surface area (Å²) in [6.07, 6.45) is 9.85. The van der Waals surface area contributed by atoms with E-state index in [-0.39, 0.29) is 5.92 Å². The van der Waals surface area contributed by atoms with Gasteiger partial charge in [-0.2, -0.15) is 0 Å². The lowest BCUT2D eigenvalue weighted by molar-refractivity contribution is 0.975. The Hall–Kier alpha value is -2.98. The lowest BCUT2D eigenvalue weighted by Crippen LogP contribution is -1.99. The molecule has 1 heteroatoms. The summed E-state index contributed by atoms with van der Waals surface area (Å²) < 4.78 is 0. The lowest BCUT2D eigenvalue weighted by Gasteiger charge is -2.13. The third-order valence-corrected chi connectivity index (χ3v) is 3.69. The van der Waals surface area contributed by atoms with Crippen LogP contribution >= 0.6 is 0 Å². The largest absolute Gasteiger partial charge is 0.364 e. The zero-order chi connectivity index (χ0) is 15.2. The normalized spacial score (nSPS) is 12.6. The molecular formula is C21H17N. The Kier molecular flexibility index (Phi) is 4.22. The van der Waals surface area contributed by atoms with Gasteiger partial charge in [0.15, 0.2) is 0 Å². The fourth-order valence-corrected chi connectivity index (χ4v) is 2.58. The second-order valence-corrected chi connectivity index (χ2v) is 5.10. The van der Waals surface area contributed by atoms with E-state index in [2.05, 4.69) is 47.3 Å². The highest BCUT2D eigenvalue weighted by Gasteiger charge is 2.13. The van der Waals surface area contributed by atoms with Crippen LogP contribution in [-0.4, -0.2) is 4.98 Å². The van der Waals surface area contributed by atoms with Gasteiger partial charge in [-0.1, -0.05) is 72.7 Å². The van der Waals surface area contributed by atoms with Gasteiger partial charge < -0.3 is 4.98 Å². The number of nitrogens with one attached hydrogen (secondary N) is 1. The van der Waals surface area contributed by atoms with Crippen molar-refractivity contribution in [3.63, 3.8) is 0 Å². The Labute approximate surface area is 131 Å². The smallest absolute Gasteiger partial charge is 0.0435 e. The van der Waals surface area contributed by atoms with E-state index in [9.17, 15) is 0 Å². The third kappa shape index (κ3) is 3.02. The van der Waals surface area contributed by atoms with Gasteiger partial charge in [-0.3, -0.25) is 0 Å². The van der Waals surface area contributed by atoms with E-state index in [1.165, 1.54) is 5.56 Å². The van der Waals surface area contributed by atoms with Crippen LogP contribution < -0.4 is 0 Å². The molecule has 1 unspecified atom stereocenters. The maximum absolute atomic E-state index is 5.76. The fraction of sp³-hybridized carbons (Fsp3) is 0.0476. The number of terminal acetylenes is 1. The summed E-state index contributed by atoms with van der Waals surface area (Å²) in [5.41, 5.74) is 4.32. The van der Waals surface area contributed by atoms with E-state index in [1.807, 2.05) is 48.7 Å². The molecule has 1 atom stereocenters. The Morgan fingerprint density at radius 3 is 2.18 bits per heavy atom. The Morgan fingerprint density at radius 1 is 0.909 bits per heavy atom. The molecule has 0 saturated carbocycles. The molecular weight excluding hydrogens is 266 g/mol. The van der Waals surface area contributed by atoms with Crippen molar-refractivity contribution in [3.05, 3.63) is 102 Å². The van der Waals surface area contributed by atoms with Gasteiger partial charge in [-0.05, 0) is 23.3 Å². The summed E-state index contributed by atoms with van der Waals surface area (Å²) in [6.45, 7) is 0. The standard InChI is InChI=1S/C21H17N/c1-2-17(18-10-5-3-6-11-18)16-20(21-14-9-15-22-21)19-12-7-4-8-13-19/h1,3-16,20,22H/b17-16+. The van der Waals surface area contributed by atoms with Crippen molar-refractivity contribution in [1.82, 2.24) is 4.98 Å². The van der Waals surface area contributed by atoms with Crippen LogP contribution in [-0.2, 0) is 0 Å².